The van der Waals surface area contributed by atoms with Crippen LogP contribution in [0.3, 0.4) is 0 Å². The van der Waals surface area contributed by atoms with Crippen LogP contribution >= 0.6 is 0 Å². The highest BCUT2D eigenvalue weighted by atomic mass is 16.2. The first-order valence-electron chi connectivity index (χ1n) is 6.59. The Balaban J connectivity index is 2.39. The topological polar surface area (TPSA) is 56.2 Å². The third-order valence-corrected chi connectivity index (χ3v) is 4.13. The van der Waals surface area contributed by atoms with Gasteiger partial charge in [-0.15, -0.1) is 6.58 Å². The molecule has 1 spiro atoms. The molecule has 4 nitrogen and oxygen atoms in total. The molecule has 1 aliphatic heterocycles. The van der Waals surface area contributed by atoms with Gasteiger partial charge >= 0.3 is 6.03 Å². The van der Waals surface area contributed by atoms with E-state index in [1.54, 1.807) is 11.0 Å². The van der Waals surface area contributed by atoms with Crippen LogP contribution in [0.5, 0.6) is 0 Å². The molecule has 0 aromatic heterocycles. The number of amidine groups is 1. The van der Waals surface area contributed by atoms with Crippen molar-refractivity contribution >= 4 is 11.9 Å². The first-order chi connectivity index (χ1) is 8.31. The molecule has 0 aromatic rings. The first kappa shape index (κ1) is 13.1. The molecule has 0 aromatic carbocycles. The molecule has 1 aliphatic carbocycles. The summed E-state index contributed by atoms with van der Waals surface area (Å²) < 4.78 is 0. The Hall–Kier alpha value is -1.32. The zero-order chi connectivity index (χ0) is 13.6. The molecular weight excluding hydrogens is 226 g/mol. The molecule has 2 fully saturated rings. The summed E-state index contributed by atoms with van der Waals surface area (Å²) in [6, 6.07) is -0.148. The Kier molecular flexibility index (Phi) is 2.99. The molecule has 2 aliphatic rings. The molecule has 1 heterocycles. The van der Waals surface area contributed by atoms with Crippen LogP contribution in [0.2, 0.25) is 0 Å². The van der Waals surface area contributed by atoms with Gasteiger partial charge in [0.15, 0.2) is 0 Å². The van der Waals surface area contributed by atoms with E-state index >= 15 is 0 Å². The highest BCUT2D eigenvalue weighted by molar-refractivity contribution is 6.08. The molecule has 2 amide bonds. The van der Waals surface area contributed by atoms with Crippen molar-refractivity contribution in [2.24, 2.45) is 11.3 Å². The average Bonchev–Trinajstić information content (AvgIpc) is 2.40. The van der Waals surface area contributed by atoms with Crippen molar-refractivity contribution in [3.8, 4) is 0 Å². The Morgan fingerprint density at radius 3 is 2.78 bits per heavy atom. The molecule has 0 bridgehead atoms. The Bertz CT molecular complexity index is 402. The lowest BCUT2D eigenvalue weighted by atomic mass is 9.63. The van der Waals surface area contributed by atoms with E-state index in [1.165, 1.54) is 0 Å². The number of rotatable bonds is 2. The number of nitrogens with zero attached hydrogens (tertiary/aromatic N) is 1. The van der Waals surface area contributed by atoms with Crippen molar-refractivity contribution in [1.29, 1.82) is 5.41 Å². The molecule has 2 unspecified atom stereocenters. The third kappa shape index (κ3) is 1.93. The molecule has 1 saturated heterocycles. The number of carbonyl (C=O) groups is 1. The van der Waals surface area contributed by atoms with Crippen molar-refractivity contribution < 1.29 is 4.79 Å². The van der Waals surface area contributed by atoms with Crippen LogP contribution in [0.25, 0.3) is 0 Å². The zero-order valence-electron chi connectivity index (χ0n) is 11.5. The normalized spacial score (nSPS) is 34.8. The van der Waals surface area contributed by atoms with Gasteiger partial charge < -0.3 is 4.90 Å². The van der Waals surface area contributed by atoms with Gasteiger partial charge in [-0.2, -0.15) is 0 Å². The number of nitrogens with one attached hydrogen (secondary N) is 2. The minimum Gasteiger partial charge on any atom is -0.308 e. The van der Waals surface area contributed by atoms with Gasteiger partial charge in [-0.05, 0) is 30.6 Å². The molecular formula is C14H23N3O. The summed E-state index contributed by atoms with van der Waals surface area (Å²) in [5.41, 5.74) is -0.276. The van der Waals surface area contributed by atoms with Gasteiger partial charge in [0, 0.05) is 6.54 Å². The summed E-state index contributed by atoms with van der Waals surface area (Å²) in [5, 5.41) is 10.9. The third-order valence-electron chi connectivity index (χ3n) is 4.13. The predicted octanol–water partition coefficient (Wildman–Crippen LogP) is 2.76. The fourth-order valence-corrected chi connectivity index (χ4v) is 3.93. The Morgan fingerprint density at radius 1 is 1.56 bits per heavy atom. The maximum absolute atomic E-state index is 12.0. The molecule has 1 saturated carbocycles. The second-order valence-electron chi connectivity index (χ2n) is 6.59. The van der Waals surface area contributed by atoms with Crippen LogP contribution in [0.1, 0.15) is 40.0 Å². The lowest BCUT2D eigenvalue weighted by Crippen LogP contribution is -2.55. The van der Waals surface area contributed by atoms with Crippen molar-refractivity contribution in [3.05, 3.63) is 12.7 Å². The highest BCUT2D eigenvalue weighted by Crippen LogP contribution is 2.48. The summed E-state index contributed by atoms with van der Waals surface area (Å²) in [6.07, 6.45) is 4.63. The maximum atomic E-state index is 12.0. The number of urea groups is 1. The van der Waals surface area contributed by atoms with E-state index < -0.39 is 5.54 Å². The number of hydrogen-bond donors (Lipinski definition) is 2. The lowest BCUT2D eigenvalue weighted by Gasteiger charge is -2.48. The minimum absolute atomic E-state index is 0.148. The highest BCUT2D eigenvalue weighted by Gasteiger charge is 2.55. The van der Waals surface area contributed by atoms with E-state index in [2.05, 4.69) is 32.7 Å². The largest absolute Gasteiger partial charge is 0.323 e. The zero-order valence-corrected chi connectivity index (χ0v) is 11.5. The minimum atomic E-state index is -0.438. The monoisotopic (exact) mass is 249 g/mol. The van der Waals surface area contributed by atoms with Crippen molar-refractivity contribution in [3.63, 3.8) is 0 Å². The SMILES string of the molecule is C=CCN1C(=O)NC(=N)C12CC(C)CC(C)(C)C2. The van der Waals surface area contributed by atoms with Crippen LogP contribution in [0.4, 0.5) is 4.79 Å². The summed E-state index contributed by atoms with van der Waals surface area (Å²) >= 11 is 0. The summed E-state index contributed by atoms with van der Waals surface area (Å²) in [7, 11) is 0. The summed E-state index contributed by atoms with van der Waals surface area (Å²) in [6.45, 7) is 10.9. The Labute approximate surface area is 109 Å². The molecule has 0 radical (unpaired) electrons. The summed E-state index contributed by atoms with van der Waals surface area (Å²) in [5.74, 6) is 0.892. The van der Waals surface area contributed by atoms with E-state index in [4.69, 9.17) is 5.41 Å². The second-order valence-corrected chi connectivity index (χ2v) is 6.59. The first-order valence-corrected chi connectivity index (χ1v) is 6.59. The molecule has 100 valence electrons. The number of hydrogen-bond acceptors (Lipinski definition) is 2. The van der Waals surface area contributed by atoms with E-state index in [0.29, 0.717) is 18.3 Å². The second kappa shape index (κ2) is 4.11. The van der Waals surface area contributed by atoms with Gasteiger partial charge in [0.05, 0.1) is 0 Å². The maximum Gasteiger partial charge on any atom is 0.323 e. The number of carbonyl (C=O) groups excluding carboxylic acids is 1. The molecule has 2 rings (SSSR count). The van der Waals surface area contributed by atoms with Crippen LogP contribution in [0, 0.1) is 16.7 Å². The average molecular weight is 249 g/mol. The van der Waals surface area contributed by atoms with Crippen LogP contribution in [0.15, 0.2) is 12.7 Å². The van der Waals surface area contributed by atoms with Crippen molar-refractivity contribution in [2.45, 2.75) is 45.6 Å². The van der Waals surface area contributed by atoms with Crippen LogP contribution in [-0.4, -0.2) is 28.9 Å². The Morgan fingerprint density at radius 2 is 2.22 bits per heavy atom. The standard InChI is InChI=1S/C14H23N3O/c1-5-6-17-12(18)16-11(15)14(17)8-10(2)7-13(3,4)9-14/h5,10H,1,6-9H2,2-4H3,(H2,15,16,18). The van der Waals surface area contributed by atoms with Gasteiger partial charge in [-0.3, -0.25) is 10.7 Å². The lowest BCUT2D eigenvalue weighted by molar-refractivity contribution is 0.0667. The van der Waals surface area contributed by atoms with E-state index in [-0.39, 0.29) is 11.4 Å². The van der Waals surface area contributed by atoms with Crippen LogP contribution in [-0.2, 0) is 0 Å². The van der Waals surface area contributed by atoms with Gasteiger partial charge in [0.2, 0.25) is 0 Å². The van der Waals surface area contributed by atoms with Crippen LogP contribution < -0.4 is 5.32 Å². The summed E-state index contributed by atoms with van der Waals surface area (Å²) in [4.78, 5) is 13.8. The van der Waals surface area contributed by atoms with Gasteiger partial charge in [-0.1, -0.05) is 26.8 Å². The van der Waals surface area contributed by atoms with Gasteiger partial charge in [0.25, 0.3) is 0 Å². The molecule has 2 N–H and O–H groups in total. The van der Waals surface area contributed by atoms with Gasteiger partial charge in [-0.25, -0.2) is 4.79 Å². The van der Waals surface area contributed by atoms with Crippen molar-refractivity contribution in [1.82, 2.24) is 10.2 Å². The molecule has 4 heteroatoms. The van der Waals surface area contributed by atoms with Gasteiger partial charge in [0.1, 0.15) is 11.4 Å². The van der Waals surface area contributed by atoms with Crippen molar-refractivity contribution in [2.75, 3.05) is 6.54 Å². The quantitative estimate of drug-likeness (QED) is 0.726. The predicted molar refractivity (Wildman–Crippen MR) is 72.7 cm³/mol. The fourth-order valence-electron chi connectivity index (χ4n) is 3.93. The molecule has 18 heavy (non-hydrogen) atoms. The van der Waals surface area contributed by atoms with E-state index in [9.17, 15) is 4.79 Å². The fraction of sp³-hybridized carbons (Fsp3) is 0.714. The molecule has 2 atom stereocenters. The number of amides is 2. The van der Waals surface area contributed by atoms with E-state index in [1.807, 2.05) is 0 Å². The smallest absolute Gasteiger partial charge is 0.308 e. The van der Waals surface area contributed by atoms with E-state index in [0.717, 1.165) is 19.3 Å².